The Morgan fingerprint density at radius 2 is 1.93 bits per heavy atom. The molecule has 6 nitrogen and oxygen atoms in total. The maximum absolute atomic E-state index is 12.6. The van der Waals surface area contributed by atoms with Gasteiger partial charge in [-0.15, -0.1) is 11.6 Å². The Bertz CT molecular complexity index is 843. The van der Waals surface area contributed by atoms with Crippen molar-refractivity contribution in [1.29, 1.82) is 0 Å². The van der Waals surface area contributed by atoms with Crippen molar-refractivity contribution in [3.63, 3.8) is 0 Å². The molecule has 0 saturated carbocycles. The summed E-state index contributed by atoms with van der Waals surface area (Å²) in [5, 5.41) is 11.0. The van der Waals surface area contributed by atoms with E-state index in [2.05, 4.69) is 4.57 Å². The molecule has 144 valence electrons. The van der Waals surface area contributed by atoms with E-state index in [0.717, 1.165) is 61.9 Å². The molecule has 1 aromatic carbocycles. The molecule has 27 heavy (non-hydrogen) atoms. The number of carbonyl (C=O) groups is 1. The van der Waals surface area contributed by atoms with Crippen LogP contribution in [0.2, 0.25) is 0 Å². The van der Waals surface area contributed by atoms with Gasteiger partial charge >= 0.3 is 5.97 Å². The second kappa shape index (κ2) is 8.57. The summed E-state index contributed by atoms with van der Waals surface area (Å²) >= 11 is 5.85. The van der Waals surface area contributed by atoms with E-state index < -0.39 is 4.92 Å². The van der Waals surface area contributed by atoms with E-state index in [4.69, 9.17) is 16.3 Å². The predicted molar refractivity (Wildman–Crippen MR) is 104 cm³/mol. The number of nitrogens with zero attached hydrogens (tertiary/aromatic N) is 2. The van der Waals surface area contributed by atoms with Crippen LogP contribution in [0.3, 0.4) is 0 Å². The molecule has 0 saturated heterocycles. The average molecular weight is 391 g/mol. The Morgan fingerprint density at radius 3 is 2.56 bits per heavy atom. The third kappa shape index (κ3) is 3.86. The lowest BCUT2D eigenvalue weighted by atomic mass is 9.93. The summed E-state index contributed by atoms with van der Waals surface area (Å²) in [4.78, 5) is 23.2. The maximum atomic E-state index is 12.6. The van der Waals surface area contributed by atoms with Crippen LogP contribution in [0.1, 0.15) is 47.3 Å². The molecular formula is C20H23ClN2O4. The Kier molecular flexibility index (Phi) is 6.16. The van der Waals surface area contributed by atoms with Crippen LogP contribution in [0.5, 0.6) is 0 Å². The first kappa shape index (κ1) is 19.4. The van der Waals surface area contributed by atoms with Crippen molar-refractivity contribution in [2.24, 2.45) is 0 Å². The Hall–Kier alpha value is -2.34. The number of unbranched alkanes of at least 4 members (excludes halogenated alkanes) is 1. The van der Waals surface area contributed by atoms with Gasteiger partial charge in [0.05, 0.1) is 23.3 Å². The number of ether oxygens (including phenoxy) is 1. The van der Waals surface area contributed by atoms with Gasteiger partial charge in [0.1, 0.15) is 0 Å². The van der Waals surface area contributed by atoms with Crippen LogP contribution < -0.4 is 0 Å². The normalized spacial score (nSPS) is 13.3. The van der Waals surface area contributed by atoms with Crippen molar-refractivity contribution in [2.75, 3.05) is 13.0 Å². The molecule has 3 rings (SSSR count). The number of esters is 1. The van der Waals surface area contributed by atoms with E-state index in [-0.39, 0.29) is 11.7 Å². The van der Waals surface area contributed by atoms with Gasteiger partial charge in [-0.3, -0.25) is 10.1 Å². The Balaban J connectivity index is 2.17. The summed E-state index contributed by atoms with van der Waals surface area (Å²) in [5.41, 5.74) is 4.48. The minimum Gasteiger partial charge on any atom is -0.465 e. The second-order valence-electron chi connectivity index (χ2n) is 6.70. The number of hydrogen-bond donors (Lipinski definition) is 0. The van der Waals surface area contributed by atoms with Crippen LogP contribution in [0, 0.1) is 10.1 Å². The van der Waals surface area contributed by atoms with Crippen LogP contribution in [-0.2, 0) is 24.1 Å². The van der Waals surface area contributed by atoms with Gasteiger partial charge in [-0.25, -0.2) is 4.79 Å². The molecule has 2 aromatic rings. The summed E-state index contributed by atoms with van der Waals surface area (Å²) in [6.07, 6.45) is 5.71. The number of non-ortho nitro benzene ring substituents is 1. The first-order chi connectivity index (χ1) is 13.1. The molecule has 1 aliphatic rings. The quantitative estimate of drug-likeness (QED) is 0.225. The average Bonchev–Trinajstić information content (AvgIpc) is 3.02. The lowest BCUT2D eigenvalue weighted by molar-refractivity contribution is -0.384. The number of fused-ring (bicyclic) bond motifs is 1. The van der Waals surface area contributed by atoms with Gasteiger partial charge in [-0.1, -0.05) is 0 Å². The molecule has 1 heterocycles. The van der Waals surface area contributed by atoms with Gasteiger partial charge in [-0.2, -0.15) is 0 Å². The van der Waals surface area contributed by atoms with Crippen LogP contribution in [0.15, 0.2) is 24.3 Å². The van der Waals surface area contributed by atoms with Gasteiger partial charge in [-0.05, 0) is 61.8 Å². The topological polar surface area (TPSA) is 74.4 Å². The molecule has 7 heteroatoms. The van der Waals surface area contributed by atoms with Crippen LogP contribution in [0.4, 0.5) is 5.69 Å². The highest BCUT2D eigenvalue weighted by Crippen LogP contribution is 2.37. The van der Waals surface area contributed by atoms with E-state index in [0.29, 0.717) is 11.4 Å². The highest BCUT2D eigenvalue weighted by atomic mass is 35.5. The largest absolute Gasteiger partial charge is 0.465 e. The number of nitro benzene ring substituents is 1. The second-order valence-corrected chi connectivity index (χ2v) is 7.08. The molecule has 0 amide bonds. The molecule has 1 aliphatic carbocycles. The molecule has 0 aliphatic heterocycles. The van der Waals surface area contributed by atoms with Gasteiger partial charge in [0.2, 0.25) is 0 Å². The smallest absolute Gasteiger partial charge is 0.340 e. The minimum absolute atomic E-state index is 0.0309. The van der Waals surface area contributed by atoms with Crippen molar-refractivity contribution >= 4 is 23.3 Å². The van der Waals surface area contributed by atoms with Crippen LogP contribution in [-0.4, -0.2) is 28.4 Å². The zero-order chi connectivity index (χ0) is 19.4. The fourth-order valence-corrected chi connectivity index (χ4v) is 4.03. The third-order valence-electron chi connectivity index (χ3n) is 5.08. The van der Waals surface area contributed by atoms with Crippen molar-refractivity contribution in [3.8, 4) is 11.3 Å². The molecule has 0 radical (unpaired) electrons. The monoisotopic (exact) mass is 390 g/mol. The molecular weight excluding hydrogens is 368 g/mol. The van der Waals surface area contributed by atoms with E-state index in [1.54, 1.807) is 12.1 Å². The number of rotatable bonds is 7. The fourth-order valence-electron chi connectivity index (χ4n) is 3.84. The highest BCUT2D eigenvalue weighted by molar-refractivity contribution is 6.17. The van der Waals surface area contributed by atoms with E-state index in [1.807, 2.05) is 0 Å². The summed E-state index contributed by atoms with van der Waals surface area (Å²) in [6.45, 7) is 0.762. The van der Waals surface area contributed by atoms with Gasteiger partial charge in [0.25, 0.3) is 5.69 Å². The number of aromatic nitrogens is 1. The van der Waals surface area contributed by atoms with Gasteiger partial charge in [0.15, 0.2) is 0 Å². The molecule has 0 atom stereocenters. The minimum atomic E-state index is -0.421. The Morgan fingerprint density at radius 1 is 1.22 bits per heavy atom. The number of methoxy groups -OCH3 is 1. The molecule has 0 N–H and O–H groups in total. The lowest BCUT2D eigenvalue weighted by Gasteiger charge is -2.17. The maximum Gasteiger partial charge on any atom is 0.340 e. The standard InChI is InChI=1S/C20H23ClN2O4/c1-27-20(24)18-16-6-2-3-7-17(16)22(13-5-4-12-21)19(18)14-8-10-15(11-9-14)23(25)26/h8-11H,2-7,12-13H2,1H3. The van der Waals surface area contributed by atoms with E-state index in [9.17, 15) is 14.9 Å². The first-order valence-corrected chi connectivity index (χ1v) is 9.75. The van der Waals surface area contributed by atoms with Crippen molar-refractivity contribution in [1.82, 2.24) is 4.57 Å². The predicted octanol–water partition coefficient (Wildman–Crippen LogP) is 4.75. The fraction of sp³-hybridized carbons (Fsp3) is 0.450. The lowest BCUT2D eigenvalue weighted by Crippen LogP contribution is -2.10. The third-order valence-corrected chi connectivity index (χ3v) is 5.35. The van der Waals surface area contributed by atoms with Gasteiger partial charge in [0, 0.05) is 30.3 Å². The van der Waals surface area contributed by atoms with Crippen molar-refractivity contribution in [2.45, 2.75) is 45.1 Å². The molecule has 0 spiro atoms. The number of alkyl halides is 1. The number of benzene rings is 1. The summed E-state index contributed by atoms with van der Waals surface area (Å²) in [5.74, 6) is 0.248. The first-order valence-electron chi connectivity index (χ1n) is 9.21. The number of carbonyl (C=O) groups excluding carboxylic acids is 1. The van der Waals surface area contributed by atoms with Crippen LogP contribution in [0.25, 0.3) is 11.3 Å². The van der Waals surface area contributed by atoms with Crippen LogP contribution >= 0.6 is 11.6 Å². The molecule has 0 fully saturated rings. The molecule has 0 bridgehead atoms. The van der Waals surface area contributed by atoms with Crippen molar-refractivity contribution < 1.29 is 14.5 Å². The molecule has 1 aromatic heterocycles. The van der Waals surface area contributed by atoms with Crippen molar-refractivity contribution in [3.05, 3.63) is 51.2 Å². The summed E-state index contributed by atoms with van der Waals surface area (Å²) in [6, 6.07) is 6.38. The number of hydrogen-bond acceptors (Lipinski definition) is 4. The number of halogens is 1. The summed E-state index contributed by atoms with van der Waals surface area (Å²) < 4.78 is 7.29. The molecule has 0 unspecified atom stereocenters. The number of nitro groups is 1. The van der Waals surface area contributed by atoms with E-state index in [1.165, 1.54) is 24.9 Å². The summed E-state index contributed by atoms with van der Waals surface area (Å²) in [7, 11) is 1.39. The SMILES string of the molecule is COC(=O)c1c2c(n(CCCCCl)c1-c1ccc([N+](=O)[O-])cc1)CCCC2. The zero-order valence-corrected chi connectivity index (χ0v) is 16.1. The van der Waals surface area contributed by atoms with E-state index >= 15 is 0 Å². The Labute approximate surface area is 163 Å². The highest BCUT2D eigenvalue weighted by Gasteiger charge is 2.29. The van der Waals surface area contributed by atoms with Gasteiger partial charge < -0.3 is 9.30 Å². The zero-order valence-electron chi connectivity index (χ0n) is 15.4.